The van der Waals surface area contributed by atoms with E-state index in [0.29, 0.717) is 6.42 Å². The third-order valence-corrected chi connectivity index (χ3v) is 4.48. The molecule has 0 spiro atoms. The zero-order chi connectivity index (χ0) is 14.3. The zero-order valence-electron chi connectivity index (χ0n) is 11.5. The Kier molecular flexibility index (Phi) is 7.04. The summed E-state index contributed by atoms with van der Waals surface area (Å²) in [5.74, 6) is 0.258. The van der Waals surface area contributed by atoms with E-state index in [1.165, 1.54) is 11.8 Å². The Hall–Kier alpha value is -0.390. The van der Waals surface area contributed by atoms with Crippen molar-refractivity contribution in [1.82, 2.24) is 5.32 Å². The fraction of sp³-hybridized carbons (Fsp3) is 0.571. The average molecular weight is 348 g/mol. The summed E-state index contributed by atoms with van der Waals surface area (Å²) in [6, 6.07) is 8.43. The second-order valence-electron chi connectivity index (χ2n) is 4.83. The number of hydrogen-bond acceptors (Lipinski definition) is 3. The molecule has 0 radical (unpaired) electrons. The first kappa shape index (κ1) is 16.7. The van der Waals surface area contributed by atoms with Crippen molar-refractivity contribution in [1.29, 1.82) is 0 Å². The lowest BCUT2D eigenvalue weighted by atomic mass is 10.0. The molecule has 19 heavy (non-hydrogen) atoms. The Labute approximate surface area is 124 Å². The van der Waals surface area contributed by atoms with E-state index in [2.05, 4.69) is 40.3 Å². The summed E-state index contributed by atoms with van der Waals surface area (Å²) in [6.07, 6.45) is 3.89. The molecular weight excluding hydrogens is 326 g/mol. The van der Waals surface area contributed by atoms with Gasteiger partial charge in [0, 0.05) is 22.5 Å². The SMILES string of the molecule is CCCNC(CCCS(C)(=O)=O)c1ccc(Br)cc1. The van der Waals surface area contributed by atoms with Crippen LogP contribution in [-0.4, -0.2) is 27.0 Å². The molecule has 1 aromatic rings. The monoisotopic (exact) mass is 347 g/mol. The second-order valence-corrected chi connectivity index (χ2v) is 8.01. The first-order chi connectivity index (χ1) is 8.92. The van der Waals surface area contributed by atoms with E-state index in [0.717, 1.165) is 23.9 Å². The predicted octanol–water partition coefficient (Wildman–Crippen LogP) is 3.31. The number of nitrogens with one attached hydrogen (secondary N) is 1. The minimum absolute atomic E-state index is 0.231. The molecule has 0 aliphatic rings. The Morgan fingerprint density at radius 1 is 1.26 bits per heavy atom. The van der Waals surface area contributed by atoms with Crippen molar-refractivity contribution < 1.29 is 8.42 Å². The van der Waals surface area contributed by atoms with Gasteiger partial charge in [0.05, 0.1) is 0 Å². The summed E-state index contributed by atoms with van der Waals surface area (Å²) < 4.78 is 23.4. The van der Waals surface area contributed by atoms with Gasteiger partial charge in [-0.3, -0.25) is 0 Å². The van der Waals surface area contributed by atoms with Crippen molar-refractivity contribution in [2.45, 2.75) is 32.2 Å². The summed E-state index contributed by atoms with van der Waals surface area (Å²) in [6.45, 7) is 3.07. The highest BCUT2D eigenvalue weighted by atomic mass is 79.9. The van der Waals surface area contributed by atoms with Crippen molar-refractivity contribution >= 4 is 25.8 Å². The lowest BCUT2D eigenvalue weighted by Crippen LogP contribution is -2.22. The molecule has 0 bridgehead atoms. The van der Waals surface area contributed by atoms with E-state index in [9.17, 15) is 8.42 Å². The number of rotatable bonds is 8. The summed E-state index contributed by atoms with van der Waals surface area (Å²) in [5, 5.41) is 3.48. The van der Waals surface area contributed by atoms with Gasteiger partial charge >= 0.3 is 0 Å². The third kappa shape index (κ3) is 7.09. The van der Waals surface area contributed by atoms with Crippen LogP contribution in [0.1, 0.15) is 37.8 Å². The third-order valence-electron chi connectivity index (χ3n) is 2.92. The maximum absolute atomic E-state index is 11.2. The molecule has 1 unspecified atom stereocenters. The molecule has 0 fully saturated rings. The van der Waals surface area contributed by atoms with Crippen LogP contribution in [0.25, 0.3) is 0 Å². The largest absolute Gasteiger partial charge is 0.310 e. The highest BCUT2D eigenvalue weighted by Gasteiger charge is 2.12. The van der Waals surface area contributed by atoms with Gasteiger partial charge in [0.25, 0.3) is 0 Å². The van der Waals surface area contributed by atoms with Crippen LogP contribution in [-0.2, 0) is 9.84 Å². The standard InChI is InChI=1S/C14H22BrNO2S/c1-3-10-16-14(5-4-11-19(2,17)18)12-6-8-13(15)9-7-12/h6-9,14,16H,3-5,10-11H2,1-2H3. The molecule has 0 aliphatic carbocycles. The fourth-order valence-electron chi connectivity index (χ4n) is 1.95. The van der Waals surface area contributed by atoms with Crippen LogP contribution in [0, 0.1) is 0 Å². The van der Waals surface area contributed by atoms with E-state index in [-0.39, 0.29) is 11.8 Å². The van der Waals surface area contributed by atoms with Crippen molar-refractivity contribution in [3.05, 3.63) is 34.3 Å². The van der Waals surface area contributed by atoms with Gasteiger partial charge in [-0.2, -0.15) is 0 Å². The molecule has 0 saturated carbocycles. The van der Waals surface area contributed by atoms with Gasteiger partial charge in [-0.25, -0.2) is 8.42 Å². The molecule has 5 heteroatoms. The summed E-state index contributed by atoms with van der Waals surface area (Å²) in [4.78, 5) is 0. The normalized spacial score (nSPS) is 13.4. The molecule has 0 aromatic heterocycles. The van der Waals surface area contributed by atoms with Crippen LogP contribution in [0.3, 0.4) is 0 Å². The van der Waals surface area contributed by atoms with E-state index < -0.39 is 9.84 Å². The van der Waals surface area contributed by atoms with E-state index >= 15 is 0 Å². The molecule has 1 atom stereocenters. The quantitative estimate of drug-likeness (QED) is 0.784. The topological polar surface area (TPSA) is 46.2 Å². The molecule has 1 rings (SSSR count). The molecule has 108 valence electrons. The van der Waals surface area contributed by atoms with Crippen molar-refractivity contribution in [2.75, 3.05) is 18.6 Å². The fourth-order valence-corrected chi connectivity index (χ4v) is 2.91. The van der Waals surface area contributed by atoms with E-state index in [1.54, 1.807) is 0 Å². The molecule has 0 amide bonds. The zero-order valence-corrected chi connectivity index (χ0v) is 13.9. The van der Waals surface area contributed by atoms with Gasteiger partial charge in [0.2, 0.25) is 0 Å². The second kappa shape index (κ2) is 8.02. The van der Waals surface area contributed by atoms with Gasteiger partial charge in [-0.1, -0.05) is 35.0 Å². The molecule has 0 aliphatic heterocycles. The van der Waals surface area contributed by atoms with Crippen molar-refractivity contribution in [3.63, 3.8) is 0 Å². The lowest BCUT2D eigenvalue weighted by molar-refractivity contribution is 0.492. The Bertz CT molecular complexity index is 471. The Morgan fingerprint density at radius 2 is 1.89 bits per heavy atom. The van der Waals surface area contributed by atoms with Gasteiger partial charge in [-0.15, -0.1) is 0 Å². The van der Waals surface area contributed by atoms with Crippen molar-refractivity contribution in [2.24, 2.45) is 0 Å². The highest BCUT2D eigenvalue weighted by molar-refractivity contribution is 9.10. The van der Waals surface area contributed by atoms with E-state index in [4.69, 9.17) is 0 Å². The van der Waals surface area contributed by atoms with Crippen LogP contribution in [0.15, 0.2) is 28.7 Å². The molecular formula is C14H22BrNO2S. The summed E-state index contributed by atoms with van der Waals surface area (Å²) in [7, 11) is -2.86. The van der Waals surface area contributed by atoms with Gasteiger partial charge < -0.3 is 5.32 Å². The number of benzene rings is 1. The molecule has 3 nitrogen and oxygen atoms in total. The van der Waals surface area contributed by atoms with E-state index in [1.807, 2.05) is 12.1 Å². The Morgan fingerprint density at radius 3 is 2.42 bits per heavy atom. The average Bonchev–Trinajstić information content (AvgIpc) is 2.33. The molecule has 0 heterocycles. The highest BCUT2D eigenvalue weighted by Crippen LogP contribution is 2.21. The summed E-state index contributed by atoms with van der Waals surface area (Å²) >= 11 is 3.43. The van der Waals surface area contributed by atoms with Crippen LogP contribution in [0.4, 0.5) is 0 Å². The minimum Gasteiger partial charge on any atom is -0.310 e. The predicted molar refractivity (Wildman–Crippen MR) is 84.1 cm³/mol. The first-order valence-electron chi connectivity index (χ1n) is 6.59. The maximum atomic E-state index is 11.2. The molecule has 1 N–H and O–H groups in total. The maximum Gasteiger partial charge on any atom is 0.147 e. The Balaban J connectivity index is 2.63. The number of sulfone groups is 1. The van der Waals surface area contributed by atoms with Gasteiger partial charge in [0.1, 0.15) is 9.84 Å². The van der Waals surface area contributed by atoms with Gasteiger partial charge in [0.15, 0.2) is 0 Å². The number of halogens is 1. The van der Waals surface area contributed by atoms with Crippen LogP contribution in [0.5, 0.6) is 0 Å². The van der Waals surface area contributed by atoms with Crippen LogP contribution >= 0.6 is 15.9 Å². The lowest BCUT2D eigenvalue weighted by Gasteiger charge is -2.19. The summed E-state index contributed by atoms with van der Waals surface area (Å²) in [5.41, 5.74) is 1.21. The van der Waals surface area contributed by atoms with Crippen molar-refractivity contribution in [3.8, 4) is 0 Å². The van der Waals surface area contributed by atoms with Crippen LogP contribution < -0.4 is 5.32 Å². The smallest absolute Gasteiger partial charge is 0.147 e. The number of hydrogen-bond donors (Lipinski definition) is 1. The van der Waals surface area contributed by atoms with Crippen LogP contribution in [0.2, 0.25) is 0 Å². The molecule has 0 saturated heterocycles. The first-order valence-corrected chi connectivity index (χ1v) is 9.44. The minimum atomic E-state index is -2.86. The van der Waals surface area contributed by atoms with Gasteiger partial charge in [-0.05, 0) is 43.5 Å². The molecule has 1 aromatic carbocycles.